The van der Waals surface area contributed by atoms with Crippen LogP contribution in [0.5, 0.6) is 0 Å². The number of hydrogen-bond donors (Lipinski definition) is 1. The molecule has 1 N–H and O–H groups in total. The molecule has 6 rings (SSSR count). The standard InChI is InChI=1S/C22H26BrClN2O3/c23-22-9-14-5-15(10-22)8-21(7-14,13-22)11-20(28)29-12-19-25-17-2-1-16(24)6-18(17)26(19)3-4-27/h1-2,6,14-15,27H,3-5,7-13H2/t14-,15+,21?,22?. The van der Waals surface area contributed by atoms with Gasteiger partial charge in [0.15, 0.2) is 0 Å². The quantitative estimate of drug-likeness (QED) is 0.473. The van der Waals surface area contributed by atoms with Gasteiger partial charge in [-0.05, 0) is 74.0 Å². The molecule has 0 radical (unpaired) electrons. The molecule has 4 aliphatic carbocycles. The molecule has 4 saturated carbocycles. The smallest absolute Gasteiger partial charge is 0.306 e. The zero-order chi connectivity index (χ0) is 20.2. The van der Waals surface area contributed by atoms with Crippen molar-refractivity contribution in [1.82, 2.24) is 9.55 Å². The molecule has 156 valence electrons. The van der Waals surface area contributed by atoms with Gasteiger partial charge in [0.25, 0.3) is 0 Å². The zero-order valence-corrected chi connectivity index (χ0v) is 18.7. The monoisotopic (exact) mass is 480 g/mol. The summed E-state index contributed by atoms with van der Waals surface area (Å²) in [7, 11) is 0. The molecule has 7 heteroatoms. The lowest BCUT2D eigenvalue weighted by molar-refractivity contribution is -0.152. The largest absolute Gasteiger partial charge is 0.457 e. The Morgan fingerprint density at radius 2 is 2.07 bits per heavy atom. The van der Waals surface area contributed by atoms with Crippen LogP contribution in [0.2, 0.25) is 5.02 Å². The lowest BCUT2D eigenvalue weighted by atomic mass is 9.49. The maximum Gasteiger partial charge on any atom is 0.306 e. The van der Waals surface area contributed by atoms with Crippen molar-refractivity contribution in [3.05, 3.63) is 29.0 Å². The molecule has 1 heterocycles. The Balaban J connectivity index is 1.29. The van der Waals surface area contributed by atoms with Gasteiger partial charge in [-0.2, -0.15) is 0 Å². The number of aromatic nitrogens is 2. The Kier molecular flexibility index (Phi) is 4.95. The molecule has 1 aromatic carbocycles. The molecular weight excluding hydrogens is 456 g/mol. The molecule has 0 spiro atoms. The van der Waals surface area contributed by atoms with Crippen LogP contribution in [-0.4, -0.2) is 31.6 Å². The van der Waals surface area contributed by atoms with Gasteiger partial charge in [0.05, 0.1) is 24.1 Å². The summed E-state index contributed by atoms with van der Waals surface area (Å²) in [5.74, 6) is 2.01. The van der Waals surface area contributed by atoms with Gasteiger partial charge in [-0.15, -0.1) is 0 Å². The molecule has 2 aromatic rings. The Hall–Kier alpha value is -1.11. The van der Waals surface area contributed by atoms with Gasteiger partial charge in [0.2, 0.25) is 0 Å². The molecule has 0 amide bonds. The number of halogens is 2. The van der Waals surface area contributed by atoms with Crippen LogP contribution in [0.25, 0.3) is 11.0 Å². The third-order valence-electron chi connectivity index (χ3n) is 7.11. The first-order valence-electron chi connectivity index (χ1n) is 10.5. The van der Waals surface area contributed by atoms with Crippen molar-refractivity contribution in [3.63, 3.8) is 0 Å². The maximum absolute atomic E-state index is 12.8. The topological polar surface area (TPSA) is 64.3 Å². The zero-order valence-electron chi connectivity index (χ0n) is 16.4. The summed E-state index contributed by atoms with van der Waals surface area (Å²) < 4.78 is 7.82. The predicted molar refractivity (Wildman–Crippen MR) is 115 cm³/mol. The van der Waals surface area contributed by atoms with Crippen LogP contribution in [0.3, 0.4) is 0 Å². The highest BCUT2D eigenvalue weighted by atomic mass is 79.9. The number of carbonyl (C=O) groups is 1. The van der Waals surface area contributed by atoms with Crippen molar-refractivity contribution in [2.75, 3.05) is 6.61 Å². The van der Waals surface area contributed by atoms with Crippen molar-refractivity contribution in [2.45, 2.75) is 62.4 Å². The van der Waals surface area contributed by atoms with E-state index < -0.39 is 0 Å². The Morgan fingerprint density at radius 3 is 2.76 bits per heavy atom. The highest BCUT2D eigenvalue weighted by Gasteiger charge is 2.57. The minimum atomic E-state index is -0.135. The van der Waals surface area contributed by atoms with E-state index in [4.69, 9.17) is 16.3 Å². The molecule has 2 unspecified atom stereocenters. The van der Waals surface area contributed by atoms with Crippen LogP contribution in [0.1, 0.15) is 50.8 Å². The Labute approximate surface area is 183 Å². The van der Waals surface area contributed by atoms with Gasteiger partial charge in [-0.3, -0.25) is 4.79 Å². The SMILES string of the molecule is O=C(CC12C[C@@H]3C[C@@H](CC(Br)(C3)C1)C2)OCc1nc2ccc(Cl)cc2n1CCO. The highest BCUT2D eigenvalue weighted by Crippen LogP contribution is 2.65. The van der Waals surface area contributed by atoms with E-state index >= 15 is 0 Å². The first-order chi connectivity index (χ1) is 13.9. The van der Waals surface area contributed by atoms with E-state index in [1.807, 2.05) is 16.7 Å². The van der Waals surface area contributed by atoms with E-state index in [2.05, 4.69) is 20.9 Å². The summed E-state index contributed by atoms with van der Waals surface area (Å²) in [5.41, 5.74) is 1.74. The average Bonchev–Trinajstić information content (AvgIpc) is 2.95. The molecule has 29 heavy (non-hydrogen) atoms. The van der Waals surface area contributed by atoms with E-state index in [1.165, 1.54) is 19.3 Å². The molecule has 4 aliphatic rings. The van der Waals surface area contributed by atoms with Crippen molar-refractivity contribution < 1.29 is 14.6 Å². The number of alkyl halides is 1. The number of esters is 1. The molecule has 0 aliphatic heterocycles. The van der Waals surface area contributed by atoms with Crippen LogP contribution in [-0.2, 0) is 22.7 Å². The predicted octanol–water partition coefficient (Wildman–Crippen LogP) is 4.85. The number of hydrogen-bond acceptors (Lipinski definition) is 4. The first-order valence-corrected chi connectivity index (χ1v) is 11.6. The summed E-state index contributed by atoms with van der Waals surface area (Å²) in [6.07, 6.45) is 7.75. The lowest BCUT2D eigenvalue weighted by Crippen LogP contribution is -2.53. The molecule has 1 aromatic heterocycles. The highest BCUT2D eigenvalue weighted by molar-refractivity contribution is 9.10. The first kappa shape index (κ1) is 19.8. The number of rotatable bonds is 6. The second kappa shape index (κ2) is 7.24. The summed E-state index contributed by atoms with van der Waals surface area (Å²) in [5, 5.41) is 10.1. The van der Waals surface area contributed by atoms with Crippen molar-refractivity contribution in [1.29, 1.82) is 0 Å². The third-order valence-corrected chi connectivity index (χ3v) is 8.27. The summed E-state index contributed by atoms with van der Waals surface area (Å²) >= 11 is 10.1. The molecule has 4 fully saturated rings. The van der Waals surface area contributed by atoms with E-state index in [1.54, 1.807) is 6.07 Å². The number of aliphatic hydroxyl groups excluding tert-OH is 1. The minimum Gasteiger partial charge on any atom is -0.457 e. The van der Waals surface area contributed by atoms with E-state index in [9.17, 15) is 9.90 Å². The van der Waals surface area contributed by atoms with Crippen molar-refractivity contribution in [3.8, 4) is 0 Å². The number of aliphatic hydroxyl groups is 1. The number of carbonyl (C=O) groups excluding carboxylic acids is 1. The van der Waals surface area contributed by atoms with Crippen LogP contribution in [0.4, 0.5) is 0 Å². The number of nitrogens with zero attached hydrogens (tertiary/aromatic N) is 2. The molecular formula is C22H26BrClN2O3. The van der Waals surface area contributed by atoms with Gasteiger partial charge in [-0.1, -0.05) is 27.5 Å². The van der Waals surface area contributed by atoms with Gasteiger partial charge >= 0.3 is 5.97 Å². The summed E-state index contributed by atoms with van der Waals surface area (Å²) in [6, 6.07) is 5.47. The van der Waals surface area contributed by atoms with E-state index in [0.717, 1.165) is 42.1 Å². The fourth-order valence-corrected chi connectivity index (χ4v) is 8.33. The fourth-order valence-electron chi connectivity index (χ4n) is 6.65. The molecule has 5 nitrogen and oxygen atoms in total. The van der Waals surface area contributed by atoms with Crippen LogP contribution < -0.4 is 0 Å². The lowest BCUT2D eigenvalue weighted by Gasteiger charge is -2.60. The maximum atomic E-state index is 12.8. The Bertz CT molecular complexity index is 945. The van der Waals surface area contributed by atoms with Crippen LogP contribution >= 0.6 is 27.5 Å². The second-order valence-electron chi connectivity index (χ2n) is 9.49. The van der Waals surface area contributed by atoms with Crippen molar-refractivity contribution >= 4 is 44.5 Å². The van der Waals surface area contributed by atoms with Gasteiger partial charge in [-0.25, -0.2) is 4.98 Å². The fraction of sp³-hybridized carbons (Fsp3) is 0.636. The minimum absolute atomic E-state index is 0.0157. The van der Waals surface area contributed by atoms with Crippen LogP contribution in [0.15, 0.2) is 18.2 Å². The average molecular weight is 482 g/mol. The summed E-state index contributed by atoms with van der Waals surface area (Å²) in [6.45, 7) is 0.495. The normalized spacial score (nSPS) is 32.8. The Morgan fingerprint density at radius 1 is 1.31 bits per heavy atom. The van der Waals surface area contributed by atoms with E-state index in [0.29, 0.717) is 23.8 Å². The number of imidazole rings is 1. The van der Waals surface area contributed by atoms with E-state index in [-0.39, 0.29) is 28.9 Å². The van der Waals surface area contributed by atoms with Gasteiger partial charge in [0.1, 0.15) is 12.4 Å². The molecule has 4 atom stereocenters. The summed E-state index contributed by atoms with van der Waals surface area (Å²) in [4.78, 5) is 17.4. The molecule has 4 bridgehead atoms. The van der Waals surface area contributed by atoms with Crippen LogP contribution in [0, 0.1) is 17.3 Å². The molecule has 0 saturated heterocycles. The van der Waals surface area contributed by atoms with Gasteiger partial charge < -0.3 is 14.4 Å². The third kappa shape index (κ3) is 3.72. The second-order valence-corrected chi connectivity index (χ2v) is 11.6. The number of fused-ring (bicyclic) bond motifs is 1. The van der Waals surface area contributed by atoms with Crippen molar-refractivity contribution in [2.24, 2.45) is 17.3 Å². The number of ether oxygens (including phenoxy) is 1. The number of benzene rings is 1. The van der Waals surface area contributed by atoms with Gasteiger partial charge in [0, 0.05) is 15.9 Å².